The van der Waals surface area contributed by atoms with Gasteiger partial charge in [-0.1, -0.05) is 0 Å². The molecule has 1 aliphatic heterocycles. The molecular weight excluding hydrogens is 260 g/mol. The summed E-state index contributed by atoms with van der Waals surface area (Å²) < 4.78 is 0. The number of nitrogens with one attached hydrogen (secondary N) is 1. The highest BCUT2D eigenvalue weighted by Gasteiger charge is 2.21. The lowest BCUT2D eigenvalue weighted by molar-refractivity contribution is 0.209. The highest BCUT2D eigenvalue weighted by molar-refractivity contribution is 5.52. The molecule has 1 aliphatic rings. The molecule has 0 saturated carbocycles. The van der Waals surface area contributed by atoms with Crippen LogP contribution < -0.4 is 10.2 Å². The normalized spacial score (nSPS) is 17.5. The molecule has 0 aliphatic carbocycles. The maximum Gasteiger partial charge on any atom is 0.0599 e. The minimum atomic E-state index is 0.136. The maximum atomic E-state index is 4.34. The van der Waals surface area contributed by atoms with E-state index in [4.69, 9.17) is 0 Å². The molecule has 2 rings (SSSR count). The van der Waals surface area contributed by atoms with Gasteiger partial charge in [0.05, 0.1) is 11.9 Å². The van der Waals surface area contributed by atoms with Crippen LogP contribution in [-0.4, -0.2) is 47.6 Å². The first-order valence-corrected chi connectivity index (χ1v) is 8.04. The summed E-state index contributed by atoms with van der Waals surface area (Å²) >= 11 is 0. The lowest BCUT2D eigenvalue weighted by Gasteiger charge is -2.38. The first-order chi connectivity index (χ1) is 9.87. The Morgan fingerprint density at radius 1 is 1.19 bits per heavy atom. The predicted molar refractivity (Wildman–Crippen MR) is 89.8 cm³/mol. The summed E-state index contributed by atoms with van der Waals surface area (Å²) in [6.07, 6.45) is 3.91. The first kappa shape index (κ1) is 16.2. The van der Waals surface area contributed by atoms with Gasteiger partial charge in [0.1, 0.15) is 0 Å². The molecule has 0 bridgehead atoms. The van der Waals surface area contributed by atoms with Gasteiger partial charge in [-0.15, -0.1) is 0 Å². The van der Waals surface area contributed by atoms with Crippen LogP contribution in [0.25, 0.3) is 0 Å². The van der Waals surface area contributed by atoms with Crippen molar-refractivity contribution in [3.05, 3.63) is 24.0 Å². The molecule has 1 N–H and O–H groups in total. The predicted octanol–water partition coefficient (Wildman–Crippen LogP) is 2.50. The molecule has 0 radical (unpaired) electrons. The van der Waals surface area contributed by atoms with Crippen molar-refractivity contribution in [2.75, 3.05) is 31.1 Å². The standard InChI is InChI=1S/C17H30N4/c1-14(2)20-8-10-21(11-9-20)16-13-18-7-6-15(16)12-19-17(3,4)5/h6-7,13-14,19H,8-12H2,1-5H3. The van der Waals surface area contributed by atoms with E-state index in [0.717, 1.165) is 32.7 Å². The fraction of sp³-hybridized carbons (Fsp3) is 0.706. The summed E-state index contributed by atoms with van der Waals surface area (Å²) in [6, 6.07) is 2.78. The maximum absolute atomic E-state index is 4.34. The van der Waals surface area contributed by atoms with Crippen LogP contribution >= 0.6 is 0 Å². The Bertz CT molecular complexity index is 442. The van der Waals surface area contributed by atoms with Gasteiger partial charge in [0.2, 0.25) is 0 Å². The zero-order valence-corrected chi connectivity index (χ0v) is 14.2. The Balaban J connectivity index is 2.03. The third kappa shape index (κ3) is 4.68. The fourth-order valence-electron chi connectivity index (χ4n) is 2.69. The van der Waals surface area contributed by atoms with Crippen LogP contribution in [0.2, 0.25) is 0 Å². The topological polar surface area (TPSA) is 31.4 Å². The average molecular weight is 290 g/mol. The molecule has 21 heavy (non-hydrogen) atoms. The summed E-state index contributed by atoms with van der Waals surface area (Å²) in [4.78, 5) is 9.36. The number of hydrogen-bond acceptors (Lipinski definition) is 4. The van der Waals surface area contributed by atoms with Crippen molar-refractivity contribution in [2.24, 2.45) is 0 Å². The van der Waals surface area contributed by atoms with Crippen molar-refractivity contribution >= 4 is 5.69 Å². The van der Waals surface area contributed by atoms with Crippen LogP contribution in [0.3, 0.4) is 0 Å². The van der Waals surface area contributed by atoms with E-state index in [0.29, 0.717) is 6.04 Å². The summed E-state index contributed by atoms with van der Waals surface area (Å²) in [5, 5.41) is 3.58. The molecule has 4 nitrogen and oxygen atoms in total. The van der Waals surface area contributed by atoms with Crippen LogP contribution in [0, 0.1) is 0 Å². The van der Waals surface area contributed by atoms with E-state index in [-0.39, 0.29) is 5.54 Å². The molecule has 0 spiro atoms. The van der Waals surface area contributed by atoms with Gasteiger partial charge < -0.3 is 10.2 Å². The molecule has 0 amide bonds. The van der Waals surface area contributed by atoms with E-state index in [2.05, 4.69) is 60.8 Å². The SMILES string of the molecule is CC(C)N1CCN(c2cnccc2CNC(C)(C)C)CC1. The Morgan fingerprint density at radius 2 is 1.86 bits per heavy atom. The molecule has 1 aromatic rings. The Hall–Kier alpha value is -1.13. The van der Waals surface area contributed by atoms with Crippen LogP contribution in [0.4, 0.5) is 5.69 Å². The zero-order valence-electron chi connectivity index (χ0n) is 14.2. The second-order valence-electron chi connectivity index (χ2n) is 7.22. The van der Waals surface area contributed by atoms with Gasteiger partial charge in [-0.25, -0.2) is 0 Å². The van der Waals surface area contributed by atoms with Crippen molar-refractivity contribution < 1.29 is 0 Å². The lowest BCUT2D eigenvalue weighted by Crippen LogP contribution is -2.49. The molecule has 118 valence electrons. The van der Waals surface area contributed by atoms with Gasteiger partial charge in [0, 0.05) is 50.5 Å². The molecule has 1 aromatic heterocycles. The number of rotatable bonds is 4. The van der Waals surface area contributed by atoms with Gasteiger partial charge in [-0.05, 0) is 46.2 Å². The largest absolute Gasteiger partial charge is 0.367 e. The third-order valence-electron chi connectivity index (χ3n) is 4.08. The molecular formula is C17H30N4. The minimum Gasteiger partial charge on any atom is -0.367 e. The molecule has 0 unspecified atom stereocenters. The number of pyridine rings is 1. The summed E-state index contributed by atoms with van der Waals surface area (Å²) in [5.41, 5.74) is 2.77. The monoisotopic (exact) mass is 290 g/mol. The summed E-state index contributed by atoms with van der Waals surface area (Å²) in [7, 11) is 0. The van der Waals surface area contributed by atoms with Crippen molar-refractivity contribution in [3.63, 3.8) is 0 Å². The number of nitrogens with zero attached hydrogens (tertiary/aromatic N) is 3. The number of hydrogen-bond donors (Lipinski definition) is 1. The quantitative estimate of drug-likeness (QED) is 0.923. The van der Waals surface area contributed by atoms with Crippen LogP contribution in [0.15, 0.2) is 18.5 Å². The van der Waals surface area contributed by atoms with Crippen molar-refractivity contribution in [1.29, 1.82) is 0 Å². The lowest BCUT2D eigenvalue weighted by atomic mass is 10.1. The van der Waals surface area contributed by atoms with Crippen LogP contribution in [0.5, 0.6) is 0 Å². The second kappa shape index (κ2) is 6.75. The second-order valence-corrected chi connectivity index (χ2v) is 7.22. The molecule has 4 heteroatoms. The van der Waals surface area contributed by atoms with E-state index >= 15 is 0 Å². The smallest absolute Gasteiger partial charge is 0.0599 e. The van der Waals surface area contributed by atoms with E-state index in [1.165, 1.54) is 11.3 Å². The Kier molecular flexibility index (Phi) is 5.22. The van der Waals surface area contributed by atoms with E-state index in [9.17, 15) is 0 Å². The Morgan fingerprint density at radius 3 is 2.43 bits per heavy atom. The van der Waals surface area contributed by atoms with E-state index < -0.39 is 0 Å². The molecule has 0 aromatic carbocycles. The van der Waals surface area contributed by atoms with Gasteiger partial charge in [0.25, 0.3) is 0 Å². The first-order valence-electron chi connectivity index (χ1n) is 8.04. The van der Waals surface area contributed by atoms with Crippen molar-refractivity contribution in [2.45, 2.75) is 52.7 Å². The fourth-order valence-corrected chi connectivity index (χ4v) is 2.69. The van der Waals surface area contributed by atoms with Crippen molar-refractivity contribution in [3.8, 4) is 0 Å². The van der Waals surface area contributed by atoms with Gasteiger partial charge >= 0.3 is 0 Å². The summed E-state index contributed by atoms with van der Waals surface area (Å²) in [6.45, 7) is 16.5. The molecule has 2 heterocycles. The van der Waals surface area contributed by atoms with Crippen molar-refractivity contribution in [1.82, 2.24) is 15.2 Å². The third-order valence-corrected chi connectivity index (χ3v) is 4.08. The highest BCUT2D eigenvalue weighted by Crippen LogP contribution is 2.21. The average Bonchev–Trinajstić information content (AvgIpc) is 2.45. The number of anilines is 1. The zero-order chi connectivity index (χ0) is 15.5. The van der Waals surface area contributed by atoms with Crippen LogP contribution in [0.1, 0.15) is 40.2 Å². The van der Waals surface area contributed by atoms with E-state index in [1.54, 1.807) is 0 Å². The summed E-state index contributed by atoms with van der Waals surface area (Å²) in [5.74, 6) is 0. The number of aromatic nitrogens is 1. The minimum absolute atomic E-state index is 0.136. The highest BCUT2D eigenvalue weighted by atomic mass is 15.3. The molecule has 0 atom stereocenters. The Labute approximate surface area is 129 Å². The molecule has 1 saturated heterocycles. The van der Waals surface area contributed by atoms with Crippen LogP contribution in [-0.2, 0) is 6.54 Å². The van der Waals surface area contributed by atoms with E-state index in [1.807, 2.05) is 12.4 Å². The van der Waals surface area contributed by atoms with Gasteiger partial charge in [0.15, 0.2) is 0 Å². The van der Waals surface area contributed by atoms with Gasteiger partial charge in [-0.3, -0.25) is 9.88 Å². The molecule has 1 fully saturated rings. The number of piperazine rings is 1. The van der Waals surface area contributed by atoms with Gasteiger partial charge in [-0.2, -0.15) is 0 Å².